The summed E-state index contributed by atoms with van der Waals surface area (Å²) in [5.74, 6) is -1.06. The summed E-state index contributed by atoms with van der Waals surface area (Å²) in [7, 11) is -3.71. The fourth-order valence-electron chi connectivity index (χ4n) is 3.33. The van der Waals surface area contributed by atoms with Crippen molar-refractivity contribution in [1.29, 1.82) is 0 Å². The van der Waals surface area contributed by atoms with Gasteiger partial charge < -0.3 is 16.4 Å². The molecule has 0 saturated heterocycles. The first-order valence-electron chi connectivity index (χ1n) is 9.63. The fourth-order valence-corrected chi connectivity index (χ4v) is 4.20. The predicted octanol–water partition coefficient (Wildman–Crippen LogP) is 3.54. The zero-order chi connectivity index (χ0) is 22.6. The van der Waals surface area contributed by atoms with Gasteiger partial charge in [0.2, 0.25) is 0 Å². The number of sulfone groups is 1. The summed E-state index contributed by atoms with van der Waals surface area (Å²) in [5, 5.41) is 0. The van der Waals surface area contributed by atoms with Crippen molar-refractivity contribution in [2.75, 3.05) is 11.2 Å². The molecule has 0 spiro atoms. The molecule has 0 aromatic heterocycles. The summed E-state index contributed by atoms with van der Waals surface area (Å²) in [6.07, 6.45) is 1.59. The van der Waals surface area contributed by atoms with Gasteiger partial charge in [0.05, 0.1) is 10.6 Å². The van der Waals surface area contributed by atoms with Crippen molar-refractivity contribution in [3.63, 3.8) is 0 Å². The van der Waals surface area contributed by atoms with E-state index in [4.69, 9.17) is 11.5 Å². The van der Waals surface area contributed by atoms with Crippen LogP contribution in [0, 0.1) is 0 Å². The van der Waals surface area contributed by atoms with Crippen LogP contribution in [0.5, 0.6) is 0 Å². The van der Waals surface area contributed by atoms with E-state index in [0.717, 1.165) is 17.6 Å². The van der Waals surface area contributed by atoms with Crippen LogP contribution in [-0.4, -0.2) is 26.5 Å². The minimum Gasteiger partial charge on any atom is -0.370 e. The van der Waals surface area contributed by atoms with E-state index in [2.05, 4.69) is 4.99 Å². The molecule has 0 aliphatic carbocycles. The lowest BCUT2D eigenvalue weighted by Gasteiger charge is -2.28. The summed E-state index contributed by atoms with van der Waals surface area (Å²) in [6, 6.07) is 21.9. The highest BCUT2D eigenvalue weighted by Gasteiger charge is 2.25. The molecule has 0 aliphatic rings. The zero-order valence-corrected chi connectivity index (χ0v) is 18.1. The molecule has 7 nitrogen and oxygen atoms in total. The van der Waals surface area contributed by atoms with E-state index in [0.29, 0.717) is 17.7 Å². The van der Waals surface area contributed by atoms with Gasteiger partial charge in [-0.2, -0.15) is 4.99 Å². The maximum absolute atomic E-state index is 12.8. The van der Waals surface area contributed by atoms with Crippen molar-refractivity contribution in [1.82, 2.24) is 0 Å². The maximum atomic E-state index is 12.8. The van der Waals surface area contributed by atoms with Gasteiger partial charge in [-0.15, -0.1) is 0 Å². The zero-order valence-electron chi connectivity index (χ0n) is 17.3. The van der Waals surface area contributed by atoms with Gasteiger partial charge in [-0.25, -0.2) is 8.42 Å². The highest BCUT2D eigenvalue weighted by Crippen LogP contribution is 2.39. The summed E-state index contributed by atoms with van der Waals surface area (Å²) in [5.41, 5.74) is 13.5. The van der Waals surface area contributed by atoms with Crippen LogP contribution in [0.3, 0.4) is 0 Å². The molecule has 160 valence electrons. The molecule has 0 fully saturated rings. The molecule has 8 heteroatoms. The van der Waals surface area contributed by atoms with E-state index in [1.165, 1.54) is 6.07 Å². The normalized spacial score (nSPS) is 11.0. The number of rotatable bonds is 6. The Hall–Kier alpha value is -3.65. The fraction of sp³-hybridized carbons (Fsp3) is 0.130. The van der Waals surface area contributed by atoms with Crippen molar-refractivity contribution >= 4 is 38.8 Å². The van der Waals surface area contributed by atoms with Crippen LogP contribution < -0.4 is 16.4 Å². The molecular formula is C23H24N4O3S. The van der Waals surface area contributed by atoms with E-state index >= 15 is 0 Å². The number of aliphatic imine (C=N–C) groups is 1. The average Bonchev–Trinajstić information content (AvgIpc) is 2.73. The van der Waals surface area contributed by atoms with Gasteiger partial charge in [0, 0.05) is 23.2 Å². The Balaban J connectivity index is 2.36. The summed E-state index contributed by atoms with van der Waals surface area (Å²) in [4.78, 5) is 18.0. The molecule has 3 aromatic rings. The molecule has 0 aliphatic heterocycles. The molecule has 1 amide bonds. The Morgan fingerprint density at radius 1 is 0.935 bits per heavy atom. The van der Waals surface area contributed by atoms with Gasteiger partial charge in [-0.3, -0.25) is 4.79 Å². The number of nitrogens with two attached hydrogens (primary N) is 2. The molecule has 3 aromatic carbocycles. The lowest BCUT2D eigenvalue weighted by Crippen LogP contribution is -2.24. The Bertz CT molecular complexity index is 1180. The largest absolute Gasteiger partial charge is 0.370 e. The standard InChI is InChI=1S/C23H24N4O3S/c1-3-16-14-20(21(31(2,29)30)15-19(16)22(28)26-23(24)25)27(17-10-6-4-7-11-17)18-12-8-5-9-13-18/h4-15H,3H2,1-2H3,(H4,24,25,26,28). The van der Waals surface area contributed by atoms with Crippen molar-refractivity contribution in [2.24, 2.45) is 16.5 Å². The van der Waals surface area contributed by atoms with Gasteiger partial charge in [0.1, 0.15) is 0 Å². The van der Waals surface area contributed by atoms with Crippen LogP contribution in [0.4, 0.5) is 17.1 Å². The number of hydrogen-bond acceptors (Lipinski definition) is 4. The van der Waals surface area contributed by atoms with Crippen LogP contribution in [0.1, 0.15) is 22.8 Å². The van der Waals surface area contributed by atoms with Crippen molar-refractivity contribution in [3.05, 3.63) is 83.9 Å². The predicted molar refractivity (Wildman–Crippen MR) is 124 cm³/mol. The van der Waals surface area contributed by atoms with Crippen molar-refractivity contribution in [2.45, 2.75) is 18.2 Å². The van der Waals surface area contributed by atoms with Crippen LogP contribution in [0.15, 0.2) is 82.7 Å². The molecule has 0 unspecified atom stereocenters. The number of carbonyl (C=O) groups is 1. The van der Waals surface area contributed by atoms with E-state index in [1.54, 1.807) is 6.07 Å². The second kappa shape index (κ2) is 9.01. The second-order valence-corrected chi connectivity index (χ2v) is 8.94. The molecule has 0 atom stereocenters. The Morgan fingerprint density at radius 2 is 1.45 bits per heavy atom. The third-order valence-corrected chi connectivity index (χ3v) is 5.82. The number of guanidine groups is 1. The molecule has 0 heterocycles. The first kappa shape index (κ1) is 22.0. The summed E-state index contributed by atoms with van der Waals surface area (Å²) < 4.78 is 25.6. The number of hydrogen-bond donors (Lipinski definition) is 2. The molecule has 31 heavy (non-hydrogen) atoms. The van der Waals surface area contributed by atoms with Crippen LogP contribution in [-0.2, 0) is 16.3 Å². The molecule has 0 radical (unpaired) electrons. The molecule has 4 N–H and O–H groups in total. The Kier molecular flexibility index (Phi) is 6.41. The molecule has 0 bridgehead atoms. The van der Waals surface area contributed by atoms with E-state index in [1.807, 2.05) is 72.5 Å². The first-order valence-corrected chi connectivity index (χ1v) is 11.5. The third kappa shape index (κ3) is 4.92. The lowest BCUT2D eigenvalue weighted by atomic mass is 10.0. The number of carbonyl (C=O) groups excluding carboxylic acids is 1. The Morgan fingerprint density at radius 3 is 1.87 bits per heavy atom. The monoisotopic (exact) mass is 436 g/mol. The minimum absolute atomic E-state index is 0.00606. The number of nitrogens with zero attached hydrogens (tertiary/aromatic N) is 2. The molecule has 3 rings (SSSR count). The van der Waals surface area contributed by atoms with Crippen LogP contribution >= 0.6 is 0 Å². The quantitative estimate of drug-likeness (QED) is 0.451. The average molecular weight is 437 g/mol. The van der Waals surface area contributed by atoms with Crippen molar-refractivity contribution < 1.29 is 13.2 Å². The Labute approximate surface area is 181 Å². The number of benzene rings is 3. The highest BCUT2D eigenvalue weighted by atomic mass is 32.2. The van der Waals surface area contributed by atoms with Crippen LogP contribution in [0.2, 0.25) is 0 Å². The van der Waals surface area contributed by atoms with E-state index in [9.17, 15) is 13.2 Å². The first-order chi connectivity index (χ1) is 14.7. The van der Waals surface area contributed by atoms with Gasteiger partial charge in [0.25, 0.3) is 5.91 Å². The molecule has 0 saturated carbocycles. The van der Waals surface area contributed by atoms with Crippen molar-refractivity contribution in [3.8, 4) is 0 Å². The topological polar surface area (TPSA) is 119 Å². The summed E-state index contributed by atoms with van der Waals surface area (Å²) >= 11 is 0. The lowest BCUT2D eigenvalue weighted by molar-refractivity contribution is 0.100. The number of anilines is 3. The smallest absolute Gasteiger partial charge is 0.280 e. The van der Waals surface area contributed by atoms with E-state index in [-0.39, 0.29) is 16.4 Å². The van der Waals surface area contributed by atoms with Gasteiger partial charge >= 0.3 is 0 Å². The third-order valence-electron chi connectivity index (χ3n) is 4.70. The van der Waals surface area contributed by atoms with E-state index < -0.39 is 15.7 Å². The van der Waals surface area contributed by atoms with Gasteiger partial charge in [-0.1, -0.05) is 43.3 Å². The summed E-state index contributed by atoms with van der Waals surface area (Å²) in [6.45, 7) is 1.88. The second-order valence-electron chi connectivity index (χ2n) is 6.95. The minimum atomic E-state index is -3.71. The SMILES string of the molecule is CCc1cc(N(c2ccccc2)c2ccccc2)c(S(C)(=O)=O)cc1C(=O)N=C(N)N. The number of amides is 1. The maximum Gasteiger partial charge on any atom is 0.280 e. The number of aryl methyl sites for hydroxylation is 1. The molecular weight excluding hydrogens is 412 g/mol. The number of para-hydroxylation sites is 2. The highest BCUT2D eigenvalue weighted by molar-refractivity contribution is 7.90. The van der Waals surface area contributed by atoms with Gasteiger partial charge in [-0.05, 0) is 48.4 Å². The van der Waals surface area contributed by atoms with Crippen LogP contribution in [0.25, 0.3) is 0 Å². The van der Waals surface area contributed by atoms with Gasteiger partial charge in [0.15, 0.2) is 15.8 Å².